The van der Waals surface area contributed by atoms with Gasteiger partial charge in [0.1, 0.15) is 30.3 Å². The summed E-state index contributed by atoms with van der Waals surface area (Å²) in [5.74, 6) is 1.52. The van der Waals surface area contributed by atoms with E-state index in [-0.39, 0.29) is 19.1 Å². The summed E-state index contributed by atoms with van der Waals surface area (Å²) in [6, 6.07) is 15.9. The Bertz CT molecular complexity index is 979. The number of amides is 1. The molecule has 1 N–H and O–H groups in total. The predicted molar refractivity (Wildman–Crippen MR) is 138 cm³/mol. The minimum absolute atomic E-state index is 0.0405. The number of hydrogen-bond donors (Lipinski definition) is 1. The zero-order valence-corrected chi connectivity index (χ0v) is 21.5. The fourth-order valence-corrected chi connectivity index (χ4v) is 4.70. The van der Waals surface area contributed by atoms with Gasteiger partial charge in [0.2, 0.25) is 5.91 Å². The van der Waals surface area contributed by atoms with Gasteiger partial charge in [0.25, 0.3) is 0 Å². The van der Waals surface area contributed by atoms with Crippen molar-refractivity contribution in [1.29, 1.82) is 0 Å². The van der Waals surface area contributed by atoms with E-state index < -0.39 is 5.60 Å². The smallest absolute Gasteiger partial charge is 0.219 e. The van der Waals surface area contributed by atoms with Crippen LogP contribution in [0.1, 0.15) is 18.1 Å². The van der Waals surface area contributed by atoms with E-state index in [1.807, 2.05) is 43.3 Å². The number of carbonyl (C=O) groups is 1. The van der Waals surface area contributed by atoms with Crippen LogP contribution in [-0.2, 0) is 16.1 Å². The number of aryl methyl sites for hydroxylation is 1. The third-order valence-electron chi connectivity index (χ3n) is 6.75. The number of rotatable bonds is 9. The van der Waals surface area contributed by atoms with Gasteiger partial charge >= 0.3 is 0 Å². The van der Waals surface area contributed by atoms with E-state index in [0.717, 1.165) is 49.7 Å². The minimum Gasteiger partial charge on any atom is -0.492 e. The number of aliphatic hydroxyl groups is 1. The van der Waals surface area contributed by atoms with Crippen molar-refractivity contribution < 1.29 is 24.1 Å². The summed E-state index contributed by atoms with van der Waals surface area (Å²) < 4.78 is 17.4. The summed E-state index contributed by atoms with van der Waals surface area (Å²) in [4.78, 5) is 18.5. The molecule has 2 aromatic carbocycles. The Hall–Kier alpha value is -2.65. The van der Waals surface area contributed by atoms with Crippen LogP contribution in [0.5, 0.6) is 11.5 Å². The van der Waals surface area contributed by atoms with E-state index in [9.17, 15) is 9.90 Å². The fraction of sp³-hybridized carbons (Fsp3) is 0.536. The summed E-state index contributed by atoms with van der Waals surface area (Å²) in [6.45, 7) is 11.2. The Morgan fingerprint density at radius 2 is 1.75 bits per heavy atom. The number of ether oxygens (including phenoxy) is 3. The lowest BCUT2D eigenvalue weighted by Crippen LogP contribution is -2.51. The van der Waals surface area contributed by atoms with Gasteiger partial charge in [0.15, 0.2) is 0 Å². The van der Waals surface area contributed by atoms with Crippen molar-refractivity contribution in [2.75, 3.05) is 72.2 Å². The lowest BCUT2D eigenvalue weighted by Gasteiger charge is -2.32. The van der Waals surface area contributed by atoms with E-state index in [2.05, 4.69) is 21.9 Å². The summed E-state index contributed by atoms with van der Waals surface area (Å²) in [7, 11) is 0. The van der Waals surface area contributed by atoms with Crippen LogP contribution in [0.3, 0.4) is 0 Å². The molecule has 2 saturated heterocycles. The highest BCUT2D eigenvalue weighted by Gasteiger charge is 2.37. The number of benzene rings is 2. The largest absolute Gasteiger partial charge is 0.492 e. The van der Waals surface area contributed by atoms with Gasteiger partial charge in [-0.1, -0.05) is 29.8 Å². The van der Waals surface area contributed by atoms with E-state index in [1.165, 1.54) is 0 Å². The number of hydrogen-bond acceptors (Lipinski definition) is 7. The maximum absolute atomic E-state index is 12.2. The number of β-amino-alcohol motifs (C(OH)–C–C–N with tert-alkyl or cyclic N) is 1. The molecule has 1 unspecified atom stereocenters. The summed E-state index contributed by atoms with van der Waals surface area (Å²) >= 11 is 0. The quantitative estimate of drug-likeness (QED) is 0.569. The van der Waals surface area contributed by atoms with Gasteiger partial charge in [0.05, 0.1) is 19.8 Å². The van der Waals surface area contributed by atoms with Crippen molar-refractivity contribution in [2.45, 2.75) is 26.0 Å². The molecule has 1 amide bonds. The Kier molecular flexibility index (Phi) is 9.20. The molecular formula is C28H39N3O5. The van der Waals surface area contributed by atoms with E-state index >= 15 is 0 Å². The lowest BCUT2D eigenvalue weighted by molar-refractivity contribution is -0.132. The average Bonchev–Trinajstić information content (AvgIpc) is 3.04. The highest BCUT2D eigenvalue weighted by Crippen LogP contribution is 2.21. The first-order chi connectivity index (χ1) is 17.4. The zero-order valence-electron chi connectivity index (χ0n) is 21.5. The van der Waals surface area contributed by atoms with Crippen LogP contribution in [0.4, 0.5) is 0 Å². The van der Waals surface area contributed by atoms with Gasteiger partial charge in [-0.3, -0.25) is 14.6 Å². The van der Waals surface area contributed by atoms with Crippen LogP contribution in [0.25, 0.3) is 0 Å². The molecule has 1 atom stereocenters. The number of carbonyl (C=O) groups excluding carboxylic acids is 1. The Morgan fingerprint density at radius 1 is 0.972 bits per heavy atom. The highest BCUT2D eigenvalue weighted by molar-refractivity contribution is 5.73. The van der Waals surface area contributed by atoms with Gasteiger partial charge in [-0.25, -0.2) is 0 Å². The molecule has 0 aliphatic carbocycles. The first-order valence-corrected chi connectivity index (χ1v) is 12.8. The van der Waals surface area contributed by atoms with Crippen molar-refractivity contribution in [1.82, 2.24) is 14.7 Å². The minimum atomic E-state index is -1.18. The van der Waals surface area contributed by atoms with E-state index in [1.54, 1.807) is 11.8 Å². The van der Waals surface area contributed by atoms with E-state index in [4.69, 9.17) is 14.2 Å². The summed E-state index contributed by atoms with van der Waals surface area (Å²) in [5, 5.41) is 11.5. The molecule has 196 valence electrons. The third kappa shape index (κ3) is 7.93. The van der Waals surface area contributed by atoms with Crippen molar-refractivity contribution in [3.63, 3.8) is 0 Å². The first-order valence-electron chi connectivity index (χ1n) is 12.8. The van der Waals surface area contributed by atoms with Gasteiger partial charge in [0, 0.05) is 52.7 Å². The van der Waals surface area contributed by atoms with Crippen LogP contribution in [0.15, 0.2) is 48.5 Å². The van der Waals surface area contributed by atoms with Crippen LogP contribution in [0, 0.1) is 6.92 Å². The predicted octanol–water partition coefficient (Wildman–Crippen LogP) is 2.18. The van der Waals surface area contributed by atoms with Crippen LogP contribution < -0.4 is 9.47 Å². The Labute approximate surface area is 214 Å². The molecule has 0 aromatic heterocycles. The molecule has 2 aliphatic heterocycles. The SMILES string of the molecule is CC(=O)N1CCN(Cc2cccc(OCCN3CCOCC3)c2)CC(O)(COc2ccc(C)cc2)C1. The molecule has 0 bridgehead atoms. The molecule has 0 saturated carbocycles. The normalized spacial score (nSPS) is 21.7. The van der Waals surface area contributed by atoms with Crippen molar-refractivity contribution in [2.24, 2.45) is 0 Å². The summed E-state index contributed by atoms with van der Waals surface area (Å²) in [5.41, 5.74) is 1.08. The standard InChI is InChI=1S/C28H39N3O5/c1-23-6-8-26(9-7-23)36-22-28(33)20-30(10-11-31(21-28)24(2)32)19-25-4-3-5-27(18-25)35-17-14-29-12-15-34-16-13-29/h3-9,18,33H,10-17,19-22H2,1-2H3. The van der Waals surface area contributed by atoms with Crippen molar-refractivity contribution in [3.8, 4) is 11.5 Å². The van der Waals surface area contributed by atoms with Crippen LogP contribution >= 0.6 is 0 Å². The highest BCUT2D eigenvalue weighted by atomic mass is 16.5. The van der Waals surface area contributed by atoms with Crippen molar-refractivity contribution >= 4 is 5.91 Å². The average molecular weight is 498 g/mol. The van der Waals surface area contributed by atoms with Crippen LogP contribution in [0.2, 0.25) is 0 Å². The second-order valence-corrected chi connectivity index (χ2v) is 9.93. The lowest BCUT2D eigenvalue weighted by atomic mass is 10.0. The molecule has 8 nitrogen and oxygen atoms in total. The number of nitrogens with zero attached hydrogens (tertiary/aromatic N) is 3. The molecule has 2 aliphatic rings. The van der Waals surface area contributed by atoms with E-state index in [0.29, 0.717) is 38.5 Å². The Morgan fingerprint density at radius 3 is 2.50 bits per heavy atom. The monoisotopic (exact) mass is 497 g/mol. The maximum atomic E-state index is 12.2. The first kappa shape index (κ1) is 26.4. The van der Waals surface area contributed by atoms with Gasteiger partial charge in [-0.15, -0.1) is 0 Å². The second-order valence-electron chi connectivity index (χ2n) is 9.93. The third-order valence-corrected chi connectivity index (χ3v) is 6.75. The molecule has 2 aromatic rings. The van der Waals surface area contributed by atoms with Crippen molar-refractivity contribution in [3.05, 3.63) is 59.7 Å². The van der Waals surface area contributed by atoms with Gasteiger partial charge in [-0.2, -0.15) is 0 Å². The second kappa shape index (κ2) is 12.5. The number of morpholine rings is 1. The molecule has 2 heterocycles. The molecule has 36 heavy (non-hydrogen) atoms. The molecular weight excluding hydrogens is 458 g/mol. The van der Waals surface area contributed by atoms with Gasteiger partial charge < -0.3 is 24.2 Å². The topological polar surface area (TPSA) is 74.7 Å². The van der Waals surface area contributed by atoms with Gasteiger partial charge in [-0.05, 0) is 36.8 Å². The van der Waals surface area contributed by atoms with Crippen LogP contribution in [-0.4, -0.2) is 104 Å². The molecule has 0 spiro atoms. The Balaban J connectivity index is 1.36. The zero-order chi connectivity index (χ0) is 25.4. The molecule has 0 radical (unpaired) electrons. The molecule has 8 heteroatoms. The molecule has 2 fully saturated rings. The fourth-order valence-electron chi connectivity index (χ4n) is 4.70. The molecule has 4 rings (SSSR count). The summed E-state index contributed by atoms with van der Waals surface area (Å²) in [6.07, 6.45) is 0. The maximum Gasteiger partial charge on any atom is 0.219 e.